The van der Waals surface area contributed by atoms with E-state index < -0.39 is 5.72 Å². The van der Waals surface area contributed by atoms with Crippen LogP contribution in [0, 0.1) is 11.2 Å². The molecule has 5 rings (SSSR count). The van der Waals surface area contributed by atoms with Gasteiger partial charge in [-0.05, 0) is 41.3 Å². The fourth-order valence-corrected chi connectivity index (χ4v) is 5.22. The standard InChI is InChI=1S/C23H22BrFN2O2/c1-22(2)11-17(28)12-23(13-22)27-20(18-9-15(24)5-8-21(18)29-23)10-19(26-27)14-3-6-16(25)7-4-14/h3-9,12,20,28H,10-11,13H2,1-2H3/t20-,23-/m0/s1. The molecule has 0 saturated heterocycles. The summed E-state index contributed by atoms with van der Waals surface area (Å²) in [7, 11) is 0. The van der Waals surface area contributed by atoms with Gasteiger partial charge in [0.25, 0.3) is 0 Å². The summed E-state index contributed by atoms with van der Waals surface area (Å²) in [6.45, 7) is 4.27. The predicted molar refractivity (Wildman–Crippen MR) is 113 cm³/mol. The second-order valence-electron chi connectivity index (χ2n) is 8.90. The number of hydrogen-bond acceptors (Lipinski definition) is 4. The van der Waals surface area contributed by atoms with Crippen molar-refractivity contribution >= 4 is 21.6 Å². The summed E-state index contributed by atoms with van der Waals surface area (Å²) in [5.41, 5.74) is 1.86. The highest BCUT2D eigenvalue weighted by Crippen LogP contribution is 2.53. The van der Waals surface area contributed by atoms with E-state index in [-0.39, 0.29) is 17.3 Å². The largest absolute Gasteiger partial charge is 0.512 e. The molecule has 0 saturated carbocycles. The lowest BCUT2D eigenvalue weighted by Crippen LogP contribution is -2.56. The van der Waals surface area contributed by atoms with Gasteiger partial charge < -0.3 is 9.84 Å². The van der Waals surface area contributed by atoms with Gasteiger partial charge in [0.05, 0.1) is 17.5 Å². The minimum atomic E-state index is -0.848. The summed E-state index contributed by atoms with van der Waals surface area (Å²) in [6, 6.07) is 12.4. The Hall–Kier alpha value is -2.34. The first-order valence-corrected chi connectivity index (χ1v) is 10.6. The zero-order chi connectivity index (χ0) is 20.4. The SMILES string of the molecule is CC1(C)CC(O)=C[C@@]2(C1)Oc1ccc(Br)cc1[C@@H]1CC(c3ccc(F)cc3)=NN12. The van der Waals surface area contributed by atoms with E-state index in [9.17, 15) is 9.50 Å². The maximum atomic E-state index is 13.4. The van der Waals surface area contributed by atoms with Crippen LogP contribution in [0.2, 0.25) is 0 Å². The van der Waals surface area contributed by atoms with Crippen LogP contribution in [0.1, 0.15) is 50.3 Å². The van der Waals surface area contributed by atoms with E-state index in [1.54, 1.807) is 12.1 Å². The fourth-order valence-electron chi connectivity index (χ4n) is 4.84. The first kappa shape index (κ1) is 18.7. The summed E-state index contributed by atoms with van der Waals surface area (Å²) < 4.78 is 20.9. The highest BCUT2D eigenvalue weighted by molar-refractivity contribution is 9.10. The van der Waals surface area contributed by atoms with Crippen LogP contribution >= 0.6 is 15.9 Å². The zero-order valence-corrected chi connectivity index (χ0v) is 17.9. The van der Waals surface area contributed by atoms with Crippen LogP contribution < -0.4 is 4.74 Å². The number of fused-ring (bicyclic) bond motifs is 4. The number of allylic oxidation sites excluding steroid dienone is 1. The Balaban J connectivity index is 1.66. The van der Waals surface area contributed by atoms with Gasteiger partial charge in [-0.25, -0.2) is 9.40 Å². The number of benzene rings is 2. The normalized spacial score (nSPS) is 27.0. The zero-order valence-electron chi connectivity index (χ0n) is 16.3. The molecule has 0 radical (unpaired) electrons. The molecule has 0 bridgehead atoms. The molecule has 2 aromatic carbocycles. The Morgan fingerprint density at radius 1 is 1.21 bits per heavy atom. The molecule has 4 nitrogen and oxygen atoms in total. The number of rotatable bonds is 1. The Kier molecular flexibility index (Phi) is 4.07. The fraction of sp³-hybridized carbons (Fsp3) is 0.348. The molecular weight excluding hydrogens is 435 g/mol. The molecule has 2 atom stereocenters. The lowest BCUT2D eigenvalue weighted by molar-refractivity contribution is -0.115. The number of aliphatic hydroxyl groups is 1. The van der Waals surface area contributed by atoms with Crippen LogP contribution in [-0.2, 0) is 0 Å². The van der Waals surface area contributed by atoms with E-state index >= 15 is 0 Å². The number of ether oxygens (including phenoxy) is 1. The van der Waals surface area contributed by atoms with Gasteiger partial charge in [0.2, 0.25) is 5.72 Å². The first-order chi connectivity index (χ1) is 13.7. The lowest BCUT2D eigenvalue weighted by Gasteiger charge is -2.50. The van der Waals surface area contributed by atoms with Gasteiger partial charge >= 0.3 is 0 Å². The summed E-state index contributed by atoms with van der Waals surface area (Å²) in [6.07, 6.45) is 3.82. The summed E-state index contributed by atoms with van der Waals surface area (Å²) in [5, 5.41) is 17.5. The van der Waals surface area contributed by atoms with Crippen LogP contribution in [0.5, 0.6) is 5.75 Å². The second-order valence-corrected chi connectivity index (χ2v) is 9.82. The maximum Gasteiger partial charge on any atom is 0.221 e. The number of hydrogen-bond donors (Lipinski definition) is 1. The average Bonchev–Trinajstić information content (AvgIpc) is 3.08. The van der Waals surface area contributed by atoms with Crippen LogP contribution in [-0.4, -0.2) is 21.6 Å². The maximum absolute atomic E-state index is 13.4. The Labute approximate surface area is 177 Å². The third kappa shape index (κ3) is 3.14. The smallest absolute Gasteiger partial charge is 0.221 e. The van der Waals surface area contributed by atoms with E-state index in [0.29, 0.717) is 25.0 Å². The van der Waals surface area contributed by atoms with Gasteiger partial charge in [-0.3, -0.25) is 0 Å². The molecule has 2 aromatic rings. The van der Waals surface area contributed by atoms with Crippen molar-refractivity contribution < 1.29 is 14.2 Å². The van der Waals surface area contributed by atoms with Crippen LogP contribution in [0.25, 0.3) is 0 Å². The van der Waals surface area contributed by atoms with E-state index in [2.05, 4.69) is 35.8 Å². The molecule has 0 fully saturated rings. The van der Waals surface area contributed by atoms with Crippen molar-refractivity contribution in [2.45, 2.75) is 44.9 Å². The molecule has 6 heteroatoms. The minimum Gasteiger partial charge on any atom is -0.512 e. The summed E-state index contributed by atoms with van der Waals surface area (Å²) >= 11 is 3.57. The van der Waals surface area contributed by atoms with Gasteiger partial charge in [-0.1, -0.05) is 41.9 Å². The monoisotopic (exact) mass is 456 g/mol. The molecule has 1 spiro atoms. The molecular formula is C23H22BrFN2O2. The van der Waals surface area contributed by atoms with Gasteiger partial charge in [0.15, 0.2) is 0 Å². The third-order valence-electron chi connectivity index (χ3n) is 5.88. The predicted octanol–water partition coefficient (Wildman–Crippen LogP) is 6.09. The molecule has 0 amide bonds. The summed E-state index contributed by atoms with van der Waals surface area (Å²) in [5.74, 6) is 0.874. The number of aliphatic hydroxyl groups excluding tert-OH is 1. The number of hydrazone groups is 1. The topological polar surface area (TPSA) is 45.1 Å². The van der Waals surface area contributed by atoms with Gasteiger partial charge in [-0.15, -0.1) is 0 Å². The van der Waals surface area contributed by atoms with E-state index in [4.69, 9.17) is 9.84 Å². The lowest BCUT2D eigenvalue weighted by atomic mass is 9.75. The van der Waals surface area contributed by atoms with E-state index in [0.717, 1.165) is 27.1 Å². The molecule has 2 heterocycles. The van der Waals surface area contributed by atoms with Crippen molar-refractivity contribution in [3.63, 3.8) is 0 Å². The quantitative estimate of drug-likeness (QED) is 0.564. The molecule has 2 aliphatic heterocycles. The van der Waals surface area contributed by atoms with Crippen molar-refractivity contribution in [2.24, 2.45) is 10.5 Å². The highest BCUT2D eigenvalue weighted by atomic mass is 79.9. The van der Waals surface area contributed by atoms with Crippen molar-refractivity contribution in [1.29, 1.82) is 0 Å². The third-order valence-corrected chi connectivity index (χ3v) is 6.37. The molecule has 29 heavy (non-hydrogen) atoms. The van der Waals surface area contributed by atoms with Gasteiger partial charge in [0, 0.05) is 35.4 Å². The first-order valence-electron chi connectivity index (χ1n) is 9.77. The van der Waals surface area contributed by atoms with Crippen molar-refractivity contribution in [3.8, 4) is 5.75 Å². The average molecular weight is 457 g/mol. The van der Waals surface area contributed by atoms with Crippen molar-refractivity contribution in [2.75, 3.05) is 0 Å². The second kappa shape index (κ2) is 6.33. The van der Waals surface area contributed by atoms with Gasteiger partial charge in [-0.2, -0.15) is 5.10 Å². The Morgan fingerprint density at radius 3 is 2.69 bits per heavy atom. The van der Waals surface area contributed by atoms with Crippen LogP contribution in [0.15, 0.2) is 63.9 Å². The molecule has 1 N–H and O–H groups in total. The minimum absolute atomic E-state index is 0.0192. The highest BCUT2D eigenvalue weighted by Gasteiger charge is 2.53. The molecule has 0 unspecified atom stereocenters. The van der Waals surface area contributed by atoms with Crippen molar-refractivity contribution in [1.82, 2.24) is 5.01 Å². The molecule has 150 valence electrons. The van der Waals surface area contributed by atoms with E-state index in [1.165, 1.54) is 12.1 Å². The Morgan fingerprint density at radius 2 is 1.97 bits per heavy atom. The molecule has 3 aliphatic rings. The number of halogens is 2. The molecule has 1 aliphatic carbocycles. The van der Waals surface area contributed by atoms with E-state index in [1.807, 2.05) is 23.2 Å². The van der Waals surface area contributed by atoms with Gasteiger partial charge in [0.1, 0.15) is 11.6 Å². The van der Waals surface area contributed by atoms with Crippen LogP contribution in [0.3, 0.4) is 0 Å². The molecule has 0 aromatic heterocycles. The summed E-state index contributed by atoms with van der Waals surface area (Å²) in [4.78, 5) is 0. The number of nitrogens with zero attached hydrogens (tertiary/aromatic N) is 2. The Bertz CT molecular complexity index is 1050. The van der Waals surface area contributed by atoms with Crippen molar-refractivity contribution in [3.05, 3.63) is 75.7 Å². The van der Waals surface area contributed by atoms with Crippen LogP contribution in [0.4, 0.5) is 4.39 Å².